The van der Waals surface area contributed by atoms with E-state index in [4.69, 9.17) is 5.73 Å². The van der Waals surface area contributed by atoms with Gasteiger partial charge in [0.15, 0.2) is 0 Å². The van der Waals surface area contributed by atoms with Crippen molar-refractivity contribution in [1.82, 2.24) is 9.97 Å². The number of nitrogens with two attached hydrogens (primary N) is 1. The predicted octanol–water partition coefficient (Wildman–Crippen LogP) is 1.61. The van der Waals surface area contributed by atoms with Crippen LogP contribution in [0.4, 0.5) is 0 Å². The number of aromatic nitrogens is 2. The van der Waals surface area contributed by atoms with Crippen LogP contribution in [0.3, 0.4) is 0 Å². The zero-order valence-corrected chi connectivity index (χ0v) is 8.63. The normalized spacial score (nSPS) is 32.5. The minimum Gasteiger partial charge on any atom is -0.325 e. The Morgan fingerprint density at radius 1 is 1.27 bits per heavy atom. The Balaban J connectivity index is 1.90. The lowest BCUT2D eigenvalue weighted by Crippen LogP contribution is -2.09. The topological polar surface area (TPSA) is 51.8 Å². The van der Waals surface area contributed by atoms with Gasteiger partial charge in [0.25, 0.3) is 0 Å². The summed E-state index contributed by atoms with van der Waals surface area (Å²) in [5, 5.41) is 0. The third-order valence-corrected chi connectivity index (χ3v) is 3.61. The van der Waals surface area contributed by atoms with Crippen LogP contribution in [0.1, 0.15) is 30.1 Å². The third-order valence-electron chi connectivity index (χ3n) is 3.61. The van der Waals surface area contributed by atoms with Crippen LogP contribution < -0.4 is 5.73 Å². The SMILES string of the molecule is NCc1cc([C@@H]2C[C@H]3C=C[C@H]2C3)ncn1. The van der Waals surface area contributed by atoms with Gasteiger partial charge in [-0.25, -0.2) is 9.97 Å². The molecule has 0 spiro atoms. The minimum atomic E-state index is 0.506. The molecule has 1 saturated carbocycles. The van der Waals surface area contributed by atoms with Crippen molar-refractivity contribution in [2.45, 2.75) is 25.3 Å². The maximum atomic E-state index is 5.59. The first-order chi connectivity index (χ1) is 7.36. The van der Waals surface area contributed by atoms with Crippen LogP contribution >= 0.6 is 0 Å². The van der Waals surface area contributed by atoms with Crippen LogP contribution in [0.15, 0.2) is 24.5 Å². The van der Waals surface area contributed by atoms with Crippen molar-refractivity contribution in [3.05, 3.63) is 35.9 Å². The van der Waals surface area contributed by atoms with Gasteiger partial charge in [-0.1, -0.05) is 12.2 Å². The Morgan fingerprint density at radius 3 is 2.87 bits per heavy atom. The molecule has 15 heavy (non-hydrogen) atoms. The maximum absolute atomic E-state index is 5.59. The second kappa shape index (κ2) is 3.42. The number of hydrogen-bond donors (Lipinski definition) is 1. The molecule has 0 saturated heterocycles. The largest absolute Gasteiger partial charge is 0.325 e. The van der Waals surface area contributed by atoms with Crippen molar-refractivity contribution in [2.24, 2.45) is 17.6 Å². The van der Waals surface area contributed by atoms with Gasteiger partial charge < -0.3 is 5.73 Å². The van der Waals surface area contributed by atoms with E-state index in [-0.39, 0.29) is 0 Å². The van der Waals surface area contributed by atoms with E-state index in [1.807, 2.05) is 0 Å². The molecule has 2 bridgehead atoms. The van der Waals surface area contributed by atoms with Crippen LogP contribution in [-0.4, -0.2) is 9.97 Å². The average molecular weight is 201 g/mol. The standard InChI is InChI=1S/C12H15N3/c13-6-10-5-12(15-7-14-10)11-4-8-1-2-9(11)3-8/h1-2,5,7-9,11H,3-4,6,13H2/t8-,9-,11+/m0/s1. The Hall–Kier alpha value is -1.22. The van der Waals surface area contributed by atoms with Crippen molar-refractivity contribution >= 4 is 0 Å². The monoisotopic (exact) mass is 201 g/mol. The van der Waals surface area contributed by atoms with E-state index < -0.39 is 0 Å². The van der Waals surface area contributed by atoms with Gasteiger partial charge in [-0.2, -0.15) is 0 Å². The summed E-state index contributed by atoms with van der Waals surface area (Å²) in [6.45, 7) is 0.506. The molecule has 3 rings (SSSR count). The zero-order chi connectivity index (χ0) is 10.3. The summed E-state index contributed by atoms with van der Waals surface area (Å²) in [7, 11) is 0. The number of nitrogens with zero attached hydrogens (tertiary/aromatic N) is 2. The second-order valence-electron chi connectivity index (χ2n) is 4.53. The van der Waals surface area contributed by atoms with E-state index in [9.17, 15) is 0 Å². The molecule has 3 nitrogen and oxygen atoms in total. The highest BCUT2D eigenvalue weighted by Crippen LogP contribution is 2.48. The summed E-state index contributed by atoms with van der Waals surface area (Å²) in [6.07, 6.45) is 8.91. The van der Waals surface area contributed by atoms with Gasteiger partial charge in [-0.05, 0) is 30.7 Å². The molecule has 0 aromatic carbocycles. The summed E-state index contributed by atoms with van der Waals surface area (Å²) in [4.78, 5) is 8.52. The first-order valence-corrected chi connectivity index (χ1v) is 5.56. The van der Waals surface area contributed by atoms with Gasteiger partial charge in [-0.15, -0.1) is 0 Å². The van der Waals surface area contributed by atoms with Crippen LogP contribution in [0.5, 0.6) is 0 Å². The predicted molar refractivity (Wildman–Crippen MR) is 58.0 cm³/mol. The van der Waals surface area contributed by atoms with E-state index in [2.05, 4.69) is 28.2 Å². The summed E-state index contributed by atoms with van der Waals surface area (Å²) < 4.78 is 0. The fourth-order valence-electron chi connectivity index (χ4n) is 2.85. The summed E-state index contributed by atoms with van der Waals surface area (Å²) in [6, 6.07) is 2.07. The third kappa shape index (κ3) is 1.47. The smallest absolute Gasteiger partial charge is 0.115 e. The Kier molecular flexibility index (Phi) is 2.06. The number of rotatable bonds is 2. The molecule has 1 fully saturated rings. The molecule has 78 valence electrons. The number of fused-ring (bicyclic) bond motifs is 2. The van der Waals surface area contributed by atoms with E-state index in [0.29, 0.717) is 18.4 Å². The molecule has 0 unspecified atom stereocenters. The Bertz CT molecular complexity index is 400. The van der Waals surface area contributed by atoms with E-state index in [1.54, 1.807) is 6.33 Å². The zero-order valence-electron chi connectivity index (χ0n) is 8.63. The van der Waals surface area contributed by atoms with Crippen molar-refractivity contribution in [1.29, 1.82) is 0 Å². The Morgan fingerprint density at radius 2 is 2.20 bits per heavy atom. The Labute approximate surface area is 89.4 Å². The molecule has 0 radical (unpaired) electrons. The van der Waals surface area contributed by atoms with E-state index in [0.717, 1.165) is 11.6 Å². The van der Waals surface area contributed by atoms with Crippen molar-refractivity contribution < 1.29 is 0 Å². The van der Waals surface area contributed by atoms with Crippen LogP contribution in [0.25, 0.3) is 0 Å². The quantitative estimate of drug-likeness (QED) is 0.740. The second-order valence-corrected chi connectivity index (χ2v) is 4.53. The number of allylic oxidation sites excluding steroid dienone is 2. The highest BCUT2D eigenvalue weighted by atomic mass is 14.9. The summed E-state index contributed by atoms with van der Waals surface area (Å²) in [5.74, 6) is 2.10. The van der Waals surface area contributed by atoms with Gasteiger partial charge in [0.2, 0.25) is 0 Å². The van der Waals surface area contributed by atoms with Gasteiger partial charge >= 0.3 is 0 Å². The lowest BCUT2D eigenvalue weighted by molar-refractivity contribution is 0.567. The average Bonchev–Trinajstić information content (AvgIpc) is 2.91. The summed E-state index contributed by atoms with van der Waals surface area (Å²) in [5.41, 5.74) is 7.72. The molecule has 1 heterocycles. The molecule has 1 aromatic heterocycles. The van der Waals surface area contributed by atoms with Crippen LogP contribution in [0.2, 0.25) is 0 Å². The van der Waals surface area contributed by atoms with Crippen molar-refractivity contribution in [3.63, 3.8) is 0 Å². The molecule has 3 heteroatoms. The molecule has 3 atom stereocenters. The molecular formula is C12H15N3. The first kappa shape index (κ1) is 9.04. The lowest BCUT2D eigenvalue weighted by Gasteiger charge is -2.17. The van der Waals surface area contributed by atoms with Crippen molar-refractivity contribution in [2.75, 3.05) is 0 Å². The van der Waals surface area contributed by atoms with E-state index >= 15 is 0 Å². The van der Waals surface area contributed by atoms with Gasteiger partial charge in [0.05, 0.1) is 5.69 Å². The maximum Gasteiger partial charge on any atom is 0.115 e. The number of hydrogen-bond acceptors (Lipinski definition) is 3. The molecule has 2 aliphatic rings. The van der Waals surface area contributed by atoms with Crippen LogP contribution in [-0.2, 0) is 6.54 Å². The molecule has 0 aliphatic heterocycles. The fourth-order valence-corrected chi connectivity index (χ4v) is 2.85. The highest BCUT2D eigenvalue weighted by molar-refractivity contribution is 5.23. The summed E-state index contributed by atoms with van der Waals surface area (Å²) >= 11 is 0. The van der Waals surface area contributed by atoms with Gasteiger partial charge in [-0.3, -0.25) is 0 Å². The minimum absolute atomic E-state index is 0.506. The lowest BCUT2D eigenvalue weighted by atomic mass is 9.90. The van der Waals surface area contributed by atoms with Crippen molar-refractivity contribution in [3.8, 4) is 0 Å². The fraction of sp³-hybridized carbons (Fsp3) is 0.500. The highest BCUT2D eigenvalue weighted by Gasteiger charge is 2.37. The van der Waals surface area contributed by atoms with Crippen LogP contribution in [0, 0.1) is 11.8 Å². The molecule has 2 aliphatic carbocycles. The first-order valence-electron chi connectivity index (χ1n) is 5.56. The van der Waals surface area contributed by atoms with E-state index in [1.165, 1.54) is 18.5 Å². The molecule has 2 N–H and O–H groups in total. The molecule has 0 amide bonds. The van der Waals surface area contributed by atoms with Gasteiger partial charge in [0, 0.05) is 18.2 Å². The molecule has 1 aromatic rings. The van der Waals surface area contributed by atoms with Gasteiger partial charge in [0.1, 0.15) is 6.33 Å². The molecular weight excluding hydrogens is 186 g/mol.